The molecule has 1 aliphatic heterocycles. The molecule has 0 aromatic rings. The lowest BCUT2D eigenvalue weighted by molar-refractivity contribution is -0.143. The van der Waals surface area contributed by atoms with Gasteiger partial charge in [-0.3, -0.25) is 4.79 Å². The second kappa shape index (κ2) is 4.74. The first-order valence-electron chi connectivity index (χ1n) is 5.90. The van der Waals surface area contributed by atoms with Crippen LogP contribution in [0.15, 0.2) is 0 Å². The van der Waals surface area contributed by atoms with Crippen molar-refractivity contribution in [3.05, 3.63) is 0 Å². The summed E-state index contributed by atoms with van der Waals surface area (Å²) in [5, 5.41) is 8.41. The van der Waals surface area contributed by atoms with Gasteiger partial charge in [0.25, 0.3) is 0 Å². The fraction of sp³-hybridized carbons (Fsp3) is 0.818. The maximum Gasteiger partial charge on any atom is 0.244 e. The maximum atomic E-state index is 12.4. The van der Waals surface area contributed by atoms with Crippen LogP contribution in [0.5, 0.6) is 0 Å². The predicted molar refractivity (Wildman–Crippen MR) is 69.6 cm³/mol. The van der Waals surface area contributed by atoms with Crippen LogP contribution < -0.4 is 0 Å². The molecule has 7 heteroatoms. The summed E-state index contributed by atoms with van der Waals surface area (Å²) in [6.07, 6.45) is 3.14. The Balaban J connectivity index is 2.25. The molecule has 0 N–H and O–H groups in total. The molecule has 1 heterocycles. The van der Waals surface area contributed by atoms with Crippen LogP contribution in [0.25, 0.3) is 0 Å². The van der Waals surface area contributed by atoms with Gasteiger partial charge in [0.05, 0.1) is 6.07 Å². The largest absolute Gasteiger partial charge is 0.323 e. The molecule has 1 atom stereocenters. The third-order valence-corrected chi connectivity index (χ3v) is 6.31. The lowest BCUT2D eigenvalue weighted by Crippen LogP contribution is -2.56. The molecule has 1 unspecified atom stereocenters. The molecule has 0 spiro atoms. The number of thioether (sulfide) groups is 1. The van der Waals surface area contributed by atoms with Gasteiger partial charge < -0.3 is 4.90 Å². The Morgan fingerprint density at radius 2 is 2.17 bits per heavy atom. The minimum absolute atomic E-state index is 0.285. The first-order valence-corrected chi connectivity index (χ1v) is 9.01. The molecule has 1 saturated carbocycles. The zero-order valence-corrected chi connectivity index (χ0v) is 11.9. The molecule has 5 nitrogen and oxygen atoms in total. The number of nitrogens with zero attached hydrogens (tertiary/aromatic N) is 2. The summed E-state index contributed by atoms with van der Waals surface area (Å²) in [7, 11) is -3.30. The summed E-state index contributed by atoms with van der Waals surface area (Å²) >= 11 is 1.54. The average Bonchev–Trinajstić information content (AvgIpc) is 2.27. The highest BCUT2D eigenvalue weighted by molar-refractivity contribution is 8.00. The fourth-order valence-corrected chi connectivity index (χ4v) is 5.16. The van der Waals surface area contributed by atoms with Gasteiger partial charge in [0.15, 0.2) is 9.84 Å². The summed E-state index contributed by atoms with van der Waals surface area (Å²) in [5.74, 6) is 0.859. The van der Waals surface area contributed by atoms with E-state index >= 15 is 0 Å². The Morgan fingerprint density at radius 1 is 1.50 bits per heavy atom. The van der Waals surface area contributed by atoms with Gasteiger partial charge in [-0.2, -0.15) is 17.0 Å². The third kappa shape index (κ3) is 2.24. The number of carbonyl (C=O) groups excluding carboxylic acids is 1. The number of sulfone groups is 1. The van der Waals surface area contributed by atoms with Crippen molar-refractivity contribution in [2.45, 2.75) is 24.6 Å². The third-order valence-electron chi connectivity index (χ3n) is 3.67. The molecule has 1 saturated heterocycles. The topological polar surface area (TPSA) is 78.2 Å². The van der Waals surface area contributed by atoms with Crippen molar-refractivity contribution >= 4 is 27.5 Å². The van der Waals surface area contributed by atoms with E-state index in [2.05, 4.69) is 6.07 Å². The molecule has 2 aliphatic rings. The van der Waals surface area contributed by atoms with Crippen LogP contribution in [-0.4, -0.2) is 48.9 Å². The minimum Gasteiger partial charge on any atom is -0.323 e. The summed E-state index contributed by atoms with van der Waals surface area (Å²) in [4.78, 5) is 13.8. The molecule has 0 aromatic carbocycles. The van der Waals surface area contributed by atoms with E-state index in [0.29, 0.717) is 25.1 Å². The second-order valence-electron chi connectivity index (χ2n) is 4.91. The predicted octanol–water partition coefficient (Wildman–Crippen LogP) is 0.626. The Labute approximate surface area is 111 Å². The lowest BCUT2D eigenvalue weighted by Gasteiger charge is -2.42. The van der Waals surface area contributed by atoms with E-state index in [4.69, 9.17) is 0 Å². The van der Waals surface area contributed by atoms with Crippen molar-refractivity contribution in [2.75, 3.05) is 24.3 Å². The summed E-state index contributed by atoms with van der Waals surface area (Å²) in [5.41, 5.74) is -0.953. The highest BCUT2D eigenvalue weighted by atomic mass is 32.2. The van der Waals surface area contributed by atoms with Crippen LogP contribution in [0.2, 0.25) is 0 Å². The van der Waals surface area contributed by atoms with Crippen LogP contribution in [0.3, 0.4) is 0 Å². The highest BCUT2D eigenvalue weighted by Gasteiger charge is 2.49. The van der Waals surface area contributed by atoms with Crippen LogP contribution in [-0.2, 0) is 14.6 Å². The zero-order chi connectivity index (χ0) is 13.4. The Hall–Kier alpha value is -0.740. The van der Waals surface area contributed by atoms with Crippen LogP contribution in [0.1, 0.15) is 19.3 Å². The maximum absolute atomic E-state index is 12.4. The van der Waals surface area contributed by atoms with Gasteiger partial charge in [-0.25, -0.2) is 8.42 Å². The van der Waals surface area contributed by atoms with Crippen molar-refractivity contribution in [3.8, 4) is 6.07 Å². The van der Waals surface area contributed by atoms with Gasteiger partial charge in [0.2, 0.25) is 5.91 Å². The second-order valence-corrected chi connectivity index (χ2v) is 8.26. The van der Waals surface area contributed by atoms with Gasteiger partial charge in [-0.15, -0.1) is 0 Å². The number of carbonyl (C=O) groups is 1. The van der Waals surface area contributed by atoms with E-state index < -0.39 is 20.6 Å². The standard InChI is InChI=1S/C11H16N2O3S2/c1-18(15,16)9-7-17-6-5-13(9)10(14)11(8-12)3-2-4-11/h9H,2-7H2,1H3. The molecule has 1 aliphatic carbocycles. The van der Waals surface area contributed by atoms with Crippen molar-refractivity contribution < 1.29 is 13.2 Å². The van der Waals surface area contributed by atoms with Gasteiger partial charge in [-0.1, -0.05) is 0 Å². The molecule has 100 valence electrons. The first kappa shape index (κ1) is 13.7. The number of rotatable bonds is 2. The van der Waals surface area contributed by atoms with E-state index in [1.807, 2.05) is 0 Å². The van der Waals surface area contributed by atoms with E-state index in [-0.39, 0.29) is 5.91 Å². The summed E-state index contributed by atoms with van der Waals surface area (Å²) in [6, 6.07) is 2.09. The van der Waals surface area contributed by atoms with Crippen LogP contribution >= 0.6 is 11.8 Å². The first-order chi connectivity index (χ1) is 8.41. The molecule has 0 aromatic heterocycles. The van der Waals surface area contributed by atoms with E-state index in [9.17, 15) is 18.5 Å². The van der Waals surface area contributed by atoms with Crippen LogP contribution in [0, 0.1) is 16.7 Å². The normalized spacial score (nSPS) is 27.1. The molecular formula is C11H16N2O3S2. The van der Waals surface area contributed by atoms with E-state index in [1.165, 1.54) is 16.7 Å². The molecule has 2 fully saturated rings. The van der Waals surface area contributed by atoms with Crippen molar-refractivity contribution in [1.82, 2.24) is 4.90 Å². The number of hydrogen-bond donors (Lipinski definition) is 0. The smallest absolute Gasteiger partial charge is 0.244 e. The van der Waals surface area contributed by atoms with Gasteiger partial charge in [0, 0.05) is 24.3 Å². The van der Waals surface area contributed by atoms with Crippen molar-refractivity contribution in [1.29, 1.82) is 5.26 Å². The minimum atomic E-state index is -3.30. The number of hydrogen-bond acceptors (Lipinski definition) is 5. The molecular weight excluding hydrogens is 272 g/mol. The fourth-order valence-electron chi connectivity index (χ4n) is 2.35. The molecule has 0 bridgehead atoms. The molecule has 18 heavy (non-hydrogen) atoms. The van der Waals surface area contributed by atoms with Crippen LogP contribution in [0.4, 0.5) is 0 Å². The monoisotopic (exact) mass is 288 g/mol. The van der Waals surface area contributed by atoms with Crippen molar-refractivity contribution in [2.24, 2.45) is 5.41 Å². The Bertz CT molecular complexity index is 491. The quantitative estimate of drug-likeness (QED) is 0.744. The summed E-state index contributed by atoms with van der Waals surface area (Å²) < 4.78 is 23.5. The van der Waals surface area contributed by atoms with Gasteiger partial charge in [0.1, 0.15) is 10.8 Å². The SMILES string of the molecule is CS(=O)(=O)C1CSCCN1C(=O)C1(C#N)CCC1. The van der Waals surface area contributed by atoms with Gasteiger partial charge in [-0.05, 0) is 19.3 Å². The molecule has 2 rings (SSSR count). The Kier molecular flexibility index (Phi) is 3.60. The Morgan fingerprint density at radius 3 is 2.61 bits per heavy atom. The number of nitriles is 1. The summed E-state index contributed by atoms with van der Waals surface area (Å²) in [6.45, 7) is 0.421. The molecule has 0 radical (unpaired) electrons. The average molecular weight is 288 g/mol. The zero-order valence-electron chi connectivity index (χ0n) is 10.3. The lowest BCUT2D eigenvalue weighted by atomic mass is 9.69. The number of amides is 1. The van der Waals surface area contributed by atoms with E-state index in [1.54, 1.807) is 0 Å². The molecule has 1 amide bonds. The van der Waals surface area contributed by atoms with E-state index in [0.717, 1.165) is 18.4 Å². The highest BCUT2D eigenvalue weighted by Crippen LogP contribution is 2.43. The van der Waals surface area contributed by atoms with Crippen molar-refractivity contribution in [3.63, 3.8) is 0 Å². The van der Waals surface area contributed by atoms with Gasteiger partial charge >= 0.3 is 0 Å².